The molecule has 2 saturated carbocycles. The van der Waals surface area contributed by atoms with Crippen molar-refractivity contribution in [2.24, 2.45) is 17.8 Å². The molecule has 0 spiro atoms. The molecule has 0 nitrogen and oxygen atoms in total. The molecule has 0 heteroatoms. The Morgan fingerprint density at radius 3 is 2.12 bits per heavy atom. The quantitative estimate of drug-likeness (QED) is 0.486. The second-order valence-corrected chi connectivity index (χ2v) is 3.50. The molecule has 46 valence electrons. The van der Waals surface area contributed by atoms with E-state index in [4.69, 9.17) is 0 Å². The van der Waals surface area contributed by atoms with Gasteiger partial charge in [0.25, 0.3) is 0 Å². The standard InChI is InChI=1S/C8H14/c1-2-6-3-7-5-8(7)4-6/h6-8H,2-5H2,1H3/t6?,7-,8?/m0/s1. The van der Waals surface area contributed by atoms with Crippen molar-refractivity contribution in [3.05, 3.63) is 0 Å². The van der Waals surface area contributed by atoms with Crippen molar-refractivity contribution in [1.82, 2.24) is 0 Å². The van der Waals surface area contributed by atoms with Gasteiger partial charge in [0.15, 0.2) is 0 Å². The molecule has 3 atom stereocenters. The van der Waals surface area contributed by atoms with E-state index in [1.807, 2.05) is 0 Å². The molecular formula is C8H14. The van der Waals surface area contributed by atoms with Gasteiger partial charge in [-0.05, 0) is 37.0 Å². The Hall–Kier alpha value is 0. The molecule has 0 N–H and O–H groups in total. The van der Waals surface area contributed by atoms with E-state index in [1.165, 1.54) is 18.3 Å². The van der Waals surface area contributed by atoms with Crippen molar-refractivity contribution in [3.63, 3.8) is 0 Å². The van der Waals surface area contributed by atoms with Gasteiger partial charge in [0.2, 0.25) is 0 Å². The van der Waals surface area contributed by atoms with Crippen molar-refractivity contribution in [3.8, 4) is 0 Å². The Morgan fingerprint density at radius 2 is 1.75 bits per heavy atom. The summed E-state index contributed by atoms with van der Waals surface area (Å²) in [5.74, 6) is 3.51. The molecular weight excluding hydrogens is 96.1 g/mol. The smallest absolute Gasteiger partial charge is 0.0380 e. The Labute approximate surface area is 51.3 Å². The zero-order valence-electron chi connectivity index (χ0n) is 5.56. The number of hydrogen-bond donors (Lipinski definition) is 0. The van der Waals surface area contributed by atoms with E-state index in [2.05, 4.69) is 6.92 Å². The Morgan fingerprint density at radius 1 is 1.12 bits per heavy atom. The van der Waals surface area contributed by atoms with E-state index in [1.54, 1.807) is 19.3 Å². The zero-order chi connectivity index (χ0) is 5.56. The molecule has 8 heavy (non-hydrogen) atoms. The first-order chi connectivity index (χ1) is 3.90. The number of fused-ring (bicyclic) bond motifs is 1. The minimum absolute atomic E-state index is 1.12. The van der Waals surface area contributed by atoms with E-state index in [9.17, 15) is 0 Å². The minimum Gasteiger partial charge on any atom is -0.0651 e. The van der Waals surface area contributed by atoms with Gasteiger partial charge >= 0.3 is 0 Å². The minimum atomic E-state index is 1.12. The highest BCUT2D eigenvalue weighted by molar-refractivity contribution is 4.95. The van der Waals surface area contributed by atoms with E-state index in [0.717, 1.165) is 5.92 Å². The van der Waals surface area contributed by atoms with Crippen LogP contribution in [-0.2, 0) is 0 Å². The van der Waals surface area contributed by atoms with Gasteiger partial charge in [-0.3, -0.25) is 0 Å². The van der Waals surface area contributed by atoms with Gasteiger partial charge in [-0.25, -0.2) is 0 Å². The molecule has 0 heterocycles. The molecule has 0 aliphatic heterocycles. The van der Waals surface area contributed by atoms with Crippen LogP contribution in [0.4, 0.5) is 0 Å². The van der Waals surface area contributed by atoms with Crippen molar-refractivity contribution >= 4 is 0 Å². The predicted molar refractivity (Wildman–Crippen MR) is 34.6 cm³/mol. The third kappa shape index (κ3) is 0.586. The molecule has 0 bridgehead atoms. The van der Waals surface area contributed by atoms with Crippen LogP contribution in [0.5, 0.6) is 0 Å². The van der Waals surface area contributed by atoms with Crippen molar-refractivity contribution in [2.45, 2.75) is 32.6 Å². The van der Waals surface area contributed by atoms with Crippen LogP contribution in [0, 0.1) is 17.8 Å². The van der Waals surface area contributed by atoms with Crippen LogP contribution in [0.2, 0.25) is 0 Å². The van der Waals surface area contributed by atoms with Crippen LogP contribution >= 0.6 is 0 Å². The van der Waals surface area contributed by atoms with Crippen molar-refractivity contribution in [1.29, 1.82) is 0 Å². The third-order valence-electron chi connectivity index (χ3n) is 2.92. The van der Waals surface area contributed by atoms with Crippen molar-refractivity contribution in [2.75, 3.05) is 0 Å². The van der Waals surface area contributed by atoms with E-state index >= 15 is 0 Å². The van der Waals surface area contributed by atoms with Gasteiger partial charge < -0.3 is 0 Å². The van der Waals surface area contributed by atoms with Gasteiger partial charge in [0.1, 0.15) is 0 Å². The first-order valence-electron chi connectivity index (χ1n) is 3.90. The predicted octanol–water partition coefficient (Wildman–Crippen LogP) is 2.44. The van der Waals surface area contributed by atoms with Crippen LogP contribution in [-0.4, -0.2) is 0 Å². The Bertz CT molecular complexity index is 86.2. The summed E-state index contributed by atoms with van der Waals surface area (Å²) in [6.45, 7) is 2.33. The van der Waals surface area contributed by atoms with E-state index in [-0.39, 0.29) is 0 Å². The molecule has 2 unspecified atom stereocenters. The average molecular weight is 110 g/mol. The van der Waals surface area contributed by atoms with Gasteiger partial charge in [-0.1, -0.05) is 13.3 Å². The molecule has 0 saturated heterocycles. The summed E-state index contributed by atoms with van der Waals surface area (Å²) in [5.41, 5.74) is 0. The van der Waals surface area contributed by atoms with Crippen LogP contribution in [0.3, 0.4) is 0 Å². The summed E-state index contributed by atoms with van der Waals surface area (Å²) < 4.78 is 0. The Kier molecular flexibility index (Phi) is 0.902. The monoisotopic (exact) mass is 110 g/mol. The zero-order valence-corrected chi connectivity index (χ0v) is 5.56. The SMILES string of the molecule is CCC1CC2C[C@@H]2C1. The third-order valence-corrected chi connectivity index (χ3v) is 2.92. The number of rotatable bonds is 1. The summed E-state index contributed by atoms with van der Waals surface area (Å²) in [4.78, 5) is 0. The topological polar surface area (TPSA) is 0 Å². The molecule has 0 aromatic rings. The largest absolute Gasteiger partial charge is 0.0651 e. The first-order valence-corrected chi connectivity index (χ1v) is 3.90. The lowest BCUT2D eigenvalue weighted by molar-refractivity contribution is 0.473. The molecule has 0 aromatic heterocycles. The summed E-state index contributed by atoms with van der Waals surface area (Å²) >= 11 is 0. The summed E-state index contributed by atoms with van der Waals surface area (Å²) in [7, 11) is 0. The lowest BCUT2D eigenvalue weighted by atomic mass is 10.0. The highest BCUT2D eigenvalue weighted by Gasteiger charge is 2.44. The Balaban J connectivity index is 1.89. The lowest BCUT2D eigenvalue weighted by Gasteiger charge is -2.04. The van der Waals surface area contributed by atoms with Crippen LogP contribution in [0.1, 0.15) is 32.6 Å². The number of hydrogen-bond acceptors (Lipinski definition) is 0. The fourth-order valence-corrected chi connectivity index (χ4v) is 2.17. The van der Waals surface area contributed by atoms with Crippen LogP contribution < -0.4 is 0 Å². The maximum Gasteiger partial charge on any atom is -0.0380 e. The molecule has 0 aromatic carbocycles. The van der Waals surface area contributed by atoms with Crippen molar-refractivity contribution < 1.29 is 0 Å². The fraction of sp³-hybridized carbons (Fsp3) is 1.00. The van der Waals surface area contributed by atoms with Gasteiger partial charge in [0, 0.05) is 0 Å². The molecule has 2 rings (SSSR count). The maximum atomic E-state index is 2.33. The van der Waals surface area contributed by atoms with Crippen LogP contribution in [0.15, 0.2) is 0 Å². The second-order valence-electron chi connectivity index (χ2n) is 3.50. The van der Waals surface area contributed by atoms with Gasteiger partial charge in [0.05, 0.1) is 0 Å². The molecule has 2 fully saturated rings. The molecule has 2 aliphatic carbocycles. The molecule has 0 radical (unpaired) electrons. The first kappa shape index (κ1) is 4.84. The fourth-order valence-electron chi connectivity index (χ4n) is 2.17. The lowest BCUT2D eigenvalue weighted by Crippen LogP contribution is -1.92. The average Bonchev–Trinajstić information content (AvgIpc) is 2.40. The summed E-state index contributed by atoms with van der Waals surface area (Å²) in [6.07, 6.45) is 6.16. The van der Waals surface area contributed by atoms with E-state index in [0.29, 0.717) is 0 Å². The normalized spacial score (nSPS) is 51.4. The highest BCUT2D eigenvalue weighted by Crippen LogP contribution is 2.54. The van der Waals surface area contributed by atoms with Crippen LogP contribution in [0.25, 0.3) is 0 Å². The van der Waals surface area contributed by atoms with Gasteiger partial charge in [-0.2, -0.15) is 0 Å². The van der Waals surface area contributed by atoms with E-state index < -0.39 is 0 Å². The summed E-state index contributed by atoms with van der Waals surface area (Å²) in [6, 6.07) is 0. The summed E-state index contributed by atoms with van der Waals surface area (Å²) in [5, 5.41) is 0. The highest BCUT2D eigenvalue weighted by atomic mass is 14.5. The second kappa shape index (κ2) is 1.49. The van der Waals surface area contributed by atoms with Gasteiger partial charge in [-0.15, -0.1) is 0 Å². The molecule has 2 aliphatic rings. The molecule has 0 amide bonds. The maximum absolute atomic E-state index is 2.33.